The molecule has 0 aromatic heterocycles. The molecule has 0 saturated carbocycles. The minimum Gasteiger partial charge on any atom is -0.481 e. The Hall–Kier alpha value is -1.96. The second-order valence-electron chi connectivity index (χ2n) is 5.06. The number of rotatable bonds is 2. The van der Waals surface area contributed by atoms with Crippen molar-refractivity contribution in [1.82, 2.24) is 0 Å². The molecule has 2 nitrogen and oxygen atoms in total. The SMILES string of the molecule is CCC1Nc2cccc(C)c2OC1c1ccccc1. The Bertz CT molecular complexity index is 565. The van der Waals surface area contributed by atoms with Crippen molar-refractivity contribution in [2.45, 2.75) is 32.4 Å². The molecule has 98 valence electrons. The predicted molar refractivity (Wildman–Crippen MR) is 78.7 cm³/mol. The van der Waals surface area contributed by atoms with Crippen LogP contribution < -0.4 is 10.1 Å². The average Bonchev–Trinajstić information content (AvgIpc) is 2.47. The van der Waals surface area contributed by atoms with Crippen molar-refractivity contribution in [2.24, 2.45) is 0 Å². The van der Waals surface area contributed by atoms with Gasteiger partial charge in [-0.05, 0) is 30.5 Å². The van der Waals surface area contributed by atoms with Gasteiger partial charge >= 0.3 is 0 Å². The Labute approximate surface area is 114 Å². The first-order valence-corrected chi connectivity index (χ1v) is 6.87. The van der Waals surface area contributed by atoms with Crippen LogP contribution in [0.15, 0.2) is 48.5 Å². The van der Waals surface area contributed by atoms with E-state index in [0.29, 0.717) is 6.04 Å². The molecule has 0 amide bonds. The summed E-state index contributed by atoms with van der Waals surface area (Å²) >= 11 is 0. The molecule has 0 spiro atoms. The maximum atomic E-state index is 6.29. The number of hydrogen-bond donors (Lipinski definition) is 1. The van der Waals surface area contributed by atoms with Gasteiger partial charge in [0.2, 0.25) is 0 Å². The smallest absolute Gasteiger partial charge is 0.146 e. The fourth-order valence-corrected chi connectivity index (χ4v) is 2.67. The number of aryl methyl sites for hydroxylation is 1. The van der Waals surface area contributed by atoms with Gasteiger partial charge in [-0.1, -0.05) is 49.4 Å². The van der Waals surface area contributed by atoms with Gasteiger partial charge in [0.25, 0.3) is 0 Å². The van der Waals surface area contributed by atoms with Gasteiger partial charge in [0, 0.05) is 0 Å². The Morgan fingerprint density at radius 2 is 1.84 bits per heavy atom. The third kappa shape index (κ3) is 2.19. The first kappa shape index (κ1) is 12.1. The van der Waals surface area contributed by atoms with Crippen LogP contribution in [0.3, 0.4) is 0 Å². The fraction of sp³-hybridized carbons (Fsp3) is 0.294. The summed E-state index contributed by atoms with van der Waals surface area (Å²) in [7, 11) is 0. The molecule has 1 N–H and O–H groups in total. The van der Waals surface area contributed by atoms with Crippen LogP contribution in [0.4, 0.5) is 5.69 Å². The van der Waals surface area contributed by atoms with E-state index in [1.54, 1.807) is 0 Å². The van der Waals surface area contributed by atoms with Crippen molar-refractivity contribution in [1.29, 1.82) is 0 Å². The predicted octanol–water partition coefficient (Wildman–Crippen LogP) is 4.32. The number of para-hydroxylation sites is 1. The van der Waals surface area contributed by atoms with Crippen LogP contribution in [0.2, 0.25) is 0 Å². The highest BCUT2D eigenvalue weighted by atomic mass is 16.5. The molecule has 2 aromatic carbocycles. The van der Waals surface area contributed by atoms with E-state index in [2.05, 4.69) is 61.6 Å². The van der Waals surface area contributed by atoms with Gasteiger partial charge in [-0.25, -0.2) is 0 Å². The van der Waals surface area contributed by atoms with Crippen molar-refractivity contribution in [3.05, 3.63) is 59.7 Å². The van der Waals surface area contributed by atoms with Gasteiger partial charge in [-0.3, -0.25) is 0 Å². The van der Waals surface area contributed by atoms with Crippen LogP contribution in [0.5, 0.6) is 5.75 Å². The lowest BCUT2D eigenvalue weighted by atomic mass is 9.97. The summed E-state index contributed by atoms with van der Waals surface area (Å²) in [5.74, 6) is 0.987. The monoisotopic (exact) mass is 253 g/mol. The molecule has 2 atom stereocenters. The molecule has 2 aromatic rings. The first-order valence-electron chi connectivity index (χ1n) is 6.87. The molecule has 0 fully saturated rings. The van der Waals surface area contributed by atoms with Gasteiger partial charge in [-0.2, -0.15) is 0 Å². The number of anilines is 1. The van der Waals surface area contributed by atoms with Crippen molar-refractivity contribution in [2.75, 3.05) is 5.32 Å². The molecule has 3 rings (SSSR count). The number of fused-ring (bicyclic) bond motifs is 1. The summed E-state index contributed by atoms with van der Waals surface area (Å²) in [5.41, 5.74) is 3.52. The summed E-state index contributed by atoms with van der Waals surface area (Å²) in [6.07, 6.45) is 1.12. The molecule has 2 unspecified atom stereocenters. The lowest BCUT2D eigenvalue weighted by molar-refractivity contribution is 0.167. The molecule has 1 heterocycles. The molecule has 1 aliphatic heterocycles. The minimum atomic E-state index is 0.0831. The van der Waals surface area contributed by atoms with Crippen molar-refractivity contribution < 1.29 is 4.74 Å². The summed E-state index contributed by atoms with van der Waals surface area (Å²) in [4.78, 5) is 0. The second kappa shape index (κ2) is 4.96. The van der Waals surface area contributed by atoms with Crippen LogP contribution in [-0.4, -0.2) is 6.04 Å². The molecule has 0 radical (unpaired) electrons. The largest absolute Gasteiger partial charge is 0.481 e. The molecule has 19 heavy (non-hydrogen) atoms. The van der Waals surface area contributed by atoms with Gasteiger partial charge in [0.1, 0.15) is 11.9 Å². The Morgan fingerprint density at radius 1 is 1.05 bits per heavy atom. The van der Waals surface area contributed by atoms with Crippen LogP contribution >= 0.6 is 0 Å². The molecule has 0 aliphatic carbocycles. The second-order valence-corrected chi connectivity index (χ2v) is 5.06. The Balaban J connectivity index is 2.00. The van der Waals surface area contributed by atoms with Gasteiger partial charge in [0.15, 0.2) is 0 Å². The zero-order valence-corrected chi connectivity index (χ0v) is 11.4. The van der Waals surface area contributed by atoms with Gasteiger partial charge in [0.05, 0.1) is 11.7 Å². The standard InChI is InChI=1S/C17H19NO/c1-3-14-17(13-9-5-4-6-10-13)19-16-12(2)8-7-11-15(16)18-14/h4-11,14,17-18H,3H2,1-2H3. The lowest BCUT2D eigenvalue weighted by Crippen LogP contribution is -2.34. The summed E-state index contributed by atoms with van der Waals surface area (Å²) in [6.45, 7) is 4.28. The Kier molecular flexibility index (Phi) is 3.16. The van der Waals surface area contributed by atoms with E-state index in [0.717, 1.165) is 17.9 Å². The topological polar surface area (TPSA) is 21.3 Å². The highest BCUT2D eigenvalue weighted by Gasteiger charge is 2.30. The minimum absolute atomic E-state index is 0.0831. The van der Waals surface area contributed by atoms with E-state index in [1.807, 2.05) is 6.07 Å². The van der Waals surface area contributed by atoms with Crippen LogP contribution in [0.1, 0.15) is 30.6 Å². The Morgan fingerprint density at radius 3 is 2.58 bits per heavy atom. The van der Waals surface area contributed by atoms with Crippen LogP contribution in [0, 0.1) is 6.92 Å². The zero-order valence-electron chi connectivity index (χ0n) is 11.4. The van der Waals surface area contributed by atoms with E-state index < -0.39 is 0 Å². The fourth-order valence-electron chi connectivity index (χ4n) is 2.67. The van der Waals surface area contributed by atoms with E-state index in [1.165, 1.54) is 11.1 Å². The van der Waals surface area contributed by atoms with Crippen molar-refractivity contribution in [3.8, 4) is 5.75 Å². The van der Waals surface area contributed by atoms with E-state index in [-0.39, 0.29) is 6.10 Å². The normalized spacial score (nSPS) is 21.2. The molecule has 1 aliphatic rings. The summed E-state index contributed by atoms with van der Waals surface area (Å²) < 4.78 is 6.29. The van der Waals surface area contributed by atoms with Crippen LogP contribution in [-0.2, 0) is 0 Å². The maximum absolute atomic E-state index is 6.29. The van der Waals surface area contributed by atoms with Gasteiger partial charge in [-0.15, -0.1) is 0 Å². The third-order valence-corrected chi connectivity index (χ3v) is 3.73. The van der Waals surface area contributed by atoms with Gasteiger partial charge < -0.3 is 10.1 Å². The van der Waals surface area contributed by atoms with E-state index in [4.69, 9.17) is 4.74 Å². The number of nitrogens with one attached hydrogen (secondary N) is 1. The quantitative estimate of drug-likeness (QED) is 0.860. The maximum Gasteiger partial charge on any atom is 0.146 e. The summed E-state index contributed by atoms with van der Waals surface area (Å²) in [6, 6.07) is 17.0. The molecule has 2 heteroatoms. The highest BCUT2D eigenvalue weighted by Crippen LogP contribution is 2.40. The molecular formula is C17H19NO. The third-order valence-electron chi connectivity index (χ3n) is 3.73. The van der Waals surface area contributed by atoms with E-state index >= 15 is 0 Å². The lowest BCUT2D eigenvalue weighted by Gasteiger charge is -2.35. The summed E-state index contributed by atoms with van der Waals surface area (Å²) in [5, 5.41) is 3.61. The highest BCUT2D eigenvalue weighted by molar-refractivity contribution is 5.62. The van der Waals surface area contributed by atoms with Crippen LogP contribution in [0.25, 0.3) is 0 Å². The van der Waals surface area contributed by atoms with Crippen molar-refractivity contribution in [3.63, 3.8) is 0 Å². The number of ether oxygens (including phenoxy) is 1. The zero-order chi connectivity index (χ0) is 13.2. The van der Waals surface area contributed by atoms with Crippen molar-refractivity contribution >= 4 is 5.69 Å². The molecule has 0 bridgehead atoms. The first-order chi connectivity index (χ1) is 9.29. The molecular weight excluding hydrogens is 234 g/mol. The number of hydrogen-bond acceptors (Lipinski definition) is 2. The molecule has 0 saturated heterocycles. The average molecular weight is 253 g/mol. The van der Waals surface area contributed by atoms with E-state index in [9.17, 15) is 0 Å². The number of benzene rings is 2.